The molecule has 0 spiro atoms. The molecule has 11 heteroatoms. The number of urea groups is 1. The van der Waals surface area contributed by atoms with Crippen molar-refractivity contribution in [2.24, 2.45) is 11.5 Å². The predicted molar refractivity (Wildman–Crippen MR) is 70.7 cm³/mol. The van der Waals surface area contributed by atoms with Gasteiger partial charge in [-0.1, -0.05) is 12.1 Å². The Bertz CT molecular complexity index is 575. The summed E-state index contributed by atoms with van der Waals surface area (Å²) in [6.07, 6.45) is -4.79. The molecule has 8 nitrogen and oxygen atoms in total. The van der Waals surface area contributed by atoms with Crippen LogP contribution in [0.3, 0.4) is 0 Å². The number of nitrogens with two attached hydrogens (primary N) is 2. The van der Waals surface area contributed by atoms with E-state index in [0.717, 1.165) is 12.1 Å². The molecule has 0 aliphatic rings. The monoisotopic (exact) mass is 334 g/mol. The summed E-state index contributed by atoms with van der Waals surface area (Å²) in [6.45, 7) is -0.0810. The van der Waals surface area contributed by atoms with E-state index in [4.69, 9.17) is 11.5 Å². The number of benzene rings is 1. The number of amides is 4. The molecule has 0 radical (unpaired) electrons. The Morgan fingerprint density at radius 1 is 1.09 bits per heavy atom. The molecule has 0 saturated carbocycles. The Labute approximate surface area is 127 Å². The van der Waals surface area contributed by atoms with Crippen molar-refractivity contribution in [1.82, 2.24) is 10.6 Å². The maximum absolute atomic E-state index is 12.0. The summed E-state index contributed by atoms with van der Waals surface area (Å²) >= 11 is 0. The first kappa shape index (κ1) is 18.1. The largest absolute Gasteiger partial charge is 0.573 e. The number of ether oxygens (including phenoxy) is 1. The van der Waals surface area contributed by atoms with Gasteiger partial charge in [-0.15, -0.1) is 13.2 Å². The molecule has 23 heavy (non-hydrogen) atoms. The summed E-state index contributed by atoms with van der Waals surface area (Å²) < 4.78 is 39.6. The maximum Gasteiger partial charge on any atom is 0.573 e. The van der Waals surface area contributed by atoms with Gasteiger partial charge in [0.1, 0.15) is 5.75 Å². The highest BCUT2D eigenvalue weighted by Crippen LogP contribution is 2.22. The van der Waals surface area contributed by atoms with Crippen LogP contribution in [0.4, 0.5) is 18.0 Å². The van der Waals surface area contributed by atoms with Crippen LogP contribution >= 0.6 is 0 Å². The van der Waals surface area contributed by atoms with E-state index in [2.05, 4.69) is 10.1 Å². The minimum Gasteiger partial charge on any atom is -0.406 e. The molecule has 1 aromatic carbocycles. The second-order valence-electron chi connectivity index (χ2n) is 4.26. The third-order valence-corrected chi connectivity index (χ3v) is 2.45. The molecule has 6 N–H and O–H groups in total. The molecule has 0 fully saturated rings. The van der Waals surface area contributed by atoms with Gasteiger partial charge in [0.2, 0.25) is 11.8 Å². The average Bonchev–Trinajstić information content (AvgIpc) is 2.41. The lowest BCUT2D eigenvalue weighted by molar-refractivity contribution is -0.274. The smallest absolute Gasteiger partial charge is 0.406 e. The van der Waals surface area contributed by atoms with Crippen molar-refractivity contribution in [2.45, 2.75) is 18.9 Å². The van der Waals surface area contributed by atoms with Crippen molar-refractivity contribution in [3.8, 4) is 5.75 Å². The normalized spacial score (nSPS) is 11.0. The second kappa shape index (κ2) is 7.33. The van der Waals surface area contributed by atoms with Gasteiger partial charge < -0.3 is 26.8 Å². The van der Waals surface area contributed by atoms with E-state index in [1.165, 1.54) is 12.1 Å². The third kappa shape index (κ3) is 6.54. The van der Waals surface area contributed by atoms with Crippen molar-refractivity contribution in [3.05, 3.63) is 29.8 Å². The standard InChI is InChI=1S/C12H13F3N4O4/c13-12(14,15)23-7-3-1-6(2-4-7)5-18-11(22)19-8(9(16)20)10(17)21/h1-4,8H,5H2,(H2,16,20)(H2,17,21)(H2,18,19,22). The van der Waals surface area contributed by atoms with Gasteiger partial charge in [-0.25, -0.2) is 4.79 Å². The molecule has 0 aliphatic heterocycles. The van der Waals surface area contributed by atoms with Gasteiger partial charge in [-0.2, -0.15) is 0 Å². The van der Waals surface area contributed by atoms with Crippen LogP contribution in [-0.2, 0) is 16.1 Å². The lowest BCUT2D eigenvalue weighted by Crippen LogP contribution is -2.54. The number of halogens is 3. The van der Waals surface area contributed by atoms with Gasteiger partial charge in [-0.3, -0.25) is 9.59 Å². The van der Waals surface area contributed by atoms with Crippen molar-refractivity contribution in [2.75, 3.05) is 0 Å². The minimum absolute atomic E-state index is 0.0810. The fourth-order valence-electron chi connectivity index (χ4n) is 1.46. The van der Waals surface area contributed by atoms with Crippen LogP contribution in [0, 0.1) is 0 Å². The van der Waals surface area contributed by atoms with Gasteiger partial charge >= 0.3 is 12.4 Å². The van der Waals surface area contributed by atoms with Crippen LogP contribution < -0.4 is 26.8 Å². The fraction of sp³-hybridized carbons (Fsp3) is 0.250. The van der Waals surface area contributed by atoms with Crippen LogP contribution in [-0.4, -0.2) is 30.2 Å². The lowest BCUT2D eigenvalue weighted by atomic mass is 10.2. The molecule has 0 saturated heterocycles. The summed E-state index contributed by atoms with van der Waals surface area (Å²) in [4.78, 5) is 33.2. The summed E-state index contributed by atoms with van der Waals surface area (Å²) in [7, 11) is 0. The van der Waals surface area contributed by atoms with E-state index in [1.807, 2.05) is 5.32 Å². The molecule has 0 aromatic heterocycles. The van der Waals surface area contributed by atoms with Crippen molar-refractivity contribution < 1.29 is 32.3 Å². The topological polar surface area (TPSA) is 137 Å². The number of carbonyl (C=O) groups excluding carboxylic acids is 3. The second-order valence-corrected chi connectivity index (χ2v) is 4.26. The molecule has 0 unspecified atom stereocenters. The summed E-state index contributed by atoms with van der Waals surface area (Å²) in [5.74, 6) is -2.66. The van der Waals surface area contributed by atoms with Crippen LogP contribution in [0.25, 0.3) is 0 Å². The van der Waals surface area contributed by atoms with Crippen LogP contribution in [0.15, 0.2) is 24.3 Å². The molecule has 0 bridgehead atoms. The van der Waals surface area contributed by atoms with E-state index in [0.29, 0.717) is 5.56 Å². The first-order valence-corrected chi connectivity index (χ1v) is 6.06. The van der Waals surface area contributed by atoms with Gasteiger partial charge in [-0.05, 0) is 17.7 Å². The Balaban J connectivity index is 2.53. The number of hydrogen-bond acceptors (Lipinski definition) is 4. The molecule has 4 amide bonds. The summed E-state index contributed by atoms with van der Waals surface area (Å²) in [5.41, 5.74) is 10.2. The Morgan fingerprint density at radius 3 is 2.04 bits per heavy atom. The maximum atomic E-state index is 12.0. The van der Waals surface area contributed by atoms with Crippen molar-refractivity contribution >= 4 is 17.8 Å². The zero-order valence-corrected chi connectivity index (χ0v) is 11.5. The zero-order valence-electron chi connectivity index (χ0n) is 11.5. The Morgan fingerprint density at radius 2 is 1.61 bits per heavy atom. The molecule has 1 rings (SSSR count). The van der Waals surface area contributed by atoms with E-state index >= 15 is 0 Å². The molecular formula is C12H13F3N4O4. The van der Waals surface area contributed by atoms with Crippen LogP contribution in [0.1, 0.15) is 5.56 Å². The molecule has 126 valence electrons. The summed E-state index contributed by atoms with van der Waals surface area (Å²) in [6, 6.07) is 2.15. The van der Waals surface area contributed by atoms with Crippen molar-refractivity contribution in [1.29, 1.82) is 0 Å². The van der Waals surface area contributed by atoms with Gasteiger partial charge in [0.15, 0.2) is 6.04 Å². The van der Waals surface area contributed by atoms with Gasteiger partial charge in [0.05, 0.1) is 0 Å². The predicted octanol–water partition coefficient (Wildman–Crippen LogP) is -0.276. The lowest BCUT2D eigenvalue weighted by Gasteiger charge is -2.13. The third-order valence-electron chi connectivity index (χ3n) is 2.45. The Hall–Kier alpha value is -2.98. The highest BCUT2D eigenvalue weighted by molar-refractivity contribution is 6.05. The molecule has 1 aromatic rings. The van der Waals surface area contributed by atoms with Crippen molar-refractivity contribution in [3.63, 3.8) is 0 Å². The van der Waals surface area contributed by atoms with E-state index in [-0.39, 0.29) is 6.54 Å². The number of rotatable bonds is 6. The first-order valence-electron chi connectivity index (χ1n) is 6.06. The quantitative estimate of drug-likeness (QED) is 0.532. The highest BCUT2D eigenvalue weighted by Gasteiger charge is 2.31. The summed E-state index contributed by atoms with van der Waals surface area (Å²) in [5, 5.41) is 4.23. The average molecular weight is 334 g/mol. The molecule has 0 heterocycles. The molecular weight excluding hydrogens is 321 g/mol. The Kier molecular flexibility index (Phi) is 5.76. The van der Waals surface area contributed by atoms with Gasteiger partial charge in [0, 0.05) is 6.54 Å². The molecule has 0 atom stereocenters. The van der Waals surface area contributed by atoms with E-state index in [1.54, 1.807) is 0 Å². The number of carbonyl (C=O) groups is 3. The van der Waals surface area contributed by atoms with Crippen LogP contribution in [0.2, 0.25) is 0 Å². The van der Waals surface area contributed by atoms with E-state index < -0.39 is 36.0 Å². The fourth-order valence-corrected chi connectivity index (χ4v) is 1.46. The van der Waals surface area contributed by atoms with E-state index in [9.17, 15) is 27.6 Å². The minimum atomic E-state index is -4.79. The number of alkyl halides is 3. The number of hydrogen-bond donors (Lipinski definition) is 4. The number of primary amides is 2. The van der Waals surface area contributed by atoms with Gasteiger partial charge in [0.25, 0.3) is 0 Å². The molecule has 0 aliphatic carbocycles. The first-order chi connectivity index (χ1) is 10.6. The van der Waals surface area contributed by atoms with Crippen LogP contribution in [0.5, 0.6) is 5.75 Å². The number of nitrogens with one attached hydrogen (secondary N) is 2. The SMILES string of the molecule is NC(=O)C(NC(=O)NCc1ccc(OC(F)(F)F)cc1)C(N)=O. The zero-order chi connectivity index (χ0) is 17.6. The highest BCUT2D eigenvalue weighted by atomic mass is 19.4.